The summed E-state index contributed by atoms with van der Waals surface area (Å²) in [5.41, 5.74) is 5.21. The number of carboxylic acid groups (broad SMARTS) is 1. The van der Waals surface area contributed by atoms with Crippen molar-refractivity contribution in [3.8, 4) is 0 Å². The van der Waals surface area contributed by atoms with Gasteiger partial charge in [-0.15, -0.1) is 11.8 Å². The minimum Gasteiger partial charge on any atom is -0.480 e. The third-order valence-corrected chi connectivity index (χ3v) is 1.69. The van der Waals surface area contributed by atoms with Crippen LogP contribution in [0.3, 0.4) is 0 Å². The standard InChI is InChI=1S/C6H11NO2S/c1-2-10-4-3-5(7)6(8)9/h2,5H,1,3-4,7H2,(H,8,9). The summed E-state index contributed by atoms with van der Waals surface area (Å²) in [6, 6.07) is -0.729. The highest BCUT2D eigenvalue weighted by molar-refractivity contribution is 8.02. The first-order chi connectivity index (χ1) is 4.68. The molecule has 1 atom stereocenters. The fourth-order valence-electron chi connectivity index (χ4n) is 0.402. The fourth-order valence-corrected chi connectivity index (χ4v) is 0.959. The summed E-state index contributed by atoms with van der Waals surface area (Å²) < 4.78 is 0. The van der Waals surface area contributed by atoms with Crippen LogP contribution in [0.25, 0.3) is 0 Å². The SMILES string of the molecule is C=CSCCC(N)C(=O)O. The zero-order valence-corrected chi connectivity index (χ0v) is 6.43. The largest absolute Gasteiger partial charge is 0.480 e. The molecule has 0 amide bonds. The highest BCUT2D eigenvalue weighted by Gasteiger charge is 2.09. The van der Waals surface area contributed by atoms with E-state index in [-0.39, 0.29) is 0 Å². The van der Waals surface area contributed by atoms with E-state index in [0.717, 1.165) is 5.75 Å². The lowest BCUT2D eigenvalue weighted by Gasteiger charge is -2.02. The Labute approximate surface area is 64.3 Å². The van der Waals surface area contributed by atoms with Crippen molar-refractivity contribution >= 4 is 17.7 Å². The summed E-state index contributed by atoms with van der Waals surface area (Å²) in [5.74, 6) is -0.221. The number of thioether (sulfide) groups is 1. The van der Waals surface area contributed by atoms with Crippen molar-refractivity contribution in [3.63, 3.8) is 0 Å². The number of aliphatic carboxylic acids is 1. The molecule has 0 bridgehead atoms. The number of rotatable bonds is 5. The van der Waals surface area contributed by atoms with E-state index in [1.54, 1.807) is 5.41 Å². The maximum atomic E-state index is 10.1. The lowest BCUT2D eigenvalue weighted by molar-refractivity contribution is -0.138. The van der Waals surface area contributed by atoms with Crippen LogP contribution in [-0.2, 0) is 4.79 Å². The molecule has 4 heteroatoms. The molecule has 0 aliphatic rings. The van der Waals surface area contributed by atoms with Gasteiger partial charge in [-0.25, -0.2) is 0 Å². The van der Waals surface area contributed by atoms with Gasteiger partial charge in [0.15, 0.2) is 0 Å². The normalized spacial score (nSPS) is 12.5. The molecule has 0 fully saturated rings. The second-order valence-corrected chi connectivity index (χ2v) is 2.85. The van der Waals surface area contributed by atoms with Gasteiger partial charge in [0.05, 0.1) is 0 Å². The Morgan fingerprint density at radius 1 is 1.90 bits per heavy atom. The summed E-state index contributed by atoms with van der Waals surface area (Å²) in [5, 5.41) is 10.00. The molecule has 10 heavy (non-hydrogen) atoms. The Balaban J connectivity index is 3.30. The quantitative estimate of drug-likeness (QED) is 0.581. The van der Waals surface area contributed by atoms with Gasteiger partial charge in [-0.1, -0.05) is 6.58 Å². The first-order valence-corrected chi connectivity index (χ1v) is 3.94. The third-order valence-electron chi connectivity index (χ3n) is 0.982. The molecular formula is C6H11NO2S. The zero-order valence-electron chi connectivity index (χ0n) is 5.62. The van der Waals surface area contributed by atoms with Crippen molar-refractivity contribution in [2.75, 3.05) is 5.75 Å². The lowest BCUT2D eigenvalue weighted by atomic mass is 10.2. The molecule has 3 N–H and O–H groups in total. The highest BCUT2D eigenvalue weighted by Crippen LogP contribution is 2.03. The Morgan fingerprint density at radius 2 is 2.50 bits per heavy atom. The van der Waals surface area contributed by atoms with Crippen LogP contribution >= 0.6 is 11.8 Å². The molecule has 0 aromatic carbocycles. The predicted octanol–water partition coefficient (Wildman–Crippen LogP) is 0.665. The maximum Gasteiger partial charge on any atom is 0.320 e. The van der Waals surface area contributed by atoms with Gasteiger partial charge < -0.3 is 10.8 Å². The molecule has 0 aromatic rings. The van der Waals surface area contributed by atoms with E-state index in [9.17, 15) is 4.79 Å². The monoisotopic (exact) mass is 161 g/mol. The van der Waals surface area contributed by atoms with E-state index in [2.05, 4.69) is 6.58 Å². The molecule has 0 aromatic heterocycles. The number of hydrogen-bond acceptors (Lipinski definition) is 3. The van der Waals surface area contributed by atoms with Gasteiger partial charge >= 0.3 is 5.97 Å². The van der Waals surface area contributed by atoms with Gasteiger partial charge in [0.2, 0.25) is 0 Å². The number of carbonyl (C=O) groups is 1. The summed E-state index contributed by atoms with van der Waals surface area (Å²) in [4.78, 5) is 10.1. The number of carboxylic acids is 1. The molecule has 0 radical (unpaired) electrons. The van der Waals surface area contributed by atoms with Crippen LogP contribution in [0.15, 0.2) is 12.0 Å². The van der Waals surface area contributed by atoms with Crippen LogP contribution in [0.1, 0.15) is 6.42 Å². The summed E-state index contributed by atoms with van der Waals surface area (Å²) in [7, 11) is 0. The Morgan fingerprint density at radius 3 is 2.90 bits per heavy atom. The average molecular weight is 161 g/mol. The van der Waals surface area contributed by atoms with E-state index >= 15 is 0 Å². The lowest BCUT2D eigenvalue weighted by Crippen LogP contribution is -2.30. The average Bonchev–Trinajstić information content (AvgIpc) is 1.88. The van der Waals surface area contributed by atoms with E-state index in [1.807, 2.05) is 0 Å². The molecule has 3 nitrogen and oxygen atoms in total. The van der Waals surface area contributed by atoms with Crippen molar-refractivity contribution in [1.29, 1.82) is 0 Å². The number of nitrogens with two attached hydrogens (primary N) is 1. The molecule has 0 aliphatic carbocycles. The first kappa shape index (κ1) is 9.52. The van der Waals surface area contributed by atoms with Gasteiger partial charge in [-0.3, -0.25) is 4.79 Å². The van der Waals surface area contributed by atoms with Gasteiger partial charge in [-0.2, -0.15) is 0 Å². The smallest absolute Gasteiger partial charge is 0.320 e. The fraction of sp³-hybridized carbons (Fsp3) is 0.500. The van der Waals surface area contributed by atoms with Gasteiger partial charge in [0.1, 0.15) is 6.04 Å². The van der Waals surface area contributed by atoms with Crippen molar-refractivity contribution < 1.29 is 9.90 Å². The molecule has 0 heterocycles. The molecule has 0 spiro atoms. The minimum atomic E-state index is -0.940. The van der Waals surface area contributed by atoms with E-state index in [1.165, 1.54) is 11.8 Å². The summed E-state index contributed by atoms with van der Waals surface area (Å²) >= 11 is 1.47. The highest BCUT2D eigenvalue weighted by atomic mass is 32.2. The van der Waals surface area contributed by atoms with Crippen molar-refractivity contribution in [2.45, 2.75) is 12.5 Å². The molecule has 0 saturated carbocycles. The van der Waals surface area contributed by atoms with Crippen LogP contribution in [0.4, 0.5) is 0 Å². The Bertz CT molecular complexity index is 127. The predicted molar refractivity (Wildman–Crippen MR) is 42.9 cm³/mol. The molecule has 58 valence electrons. The molecule has 0 aliphatic heterocycles. The van der Waals surface area contributed by atoms with Crippen LogP contribution in [0.5, 0.6) is 0 Å². The van der Waals surface area contributed by atoms with Crippen LogP contribution in [0.2, 0.25) is 0 Å². The molecule has 0 rings (SSSR count). The number of hydrogen-bond donors (Lipinski definition) is 2. The van der Waals surface area contributed by atoms with Crippen molar-refractivity contribution in [3.05, 3.63) is 12.0 Å². The van der Waals surface area contributed by atoms with Crippen LogP contribution in [-0.4, -0.2) is 22.9 Å². The Kier molecular flexibility index (Phi) is 5.06. The molecule has 1 unspecified atom stereocenters. The zero-order chi connectivity index (χ0) is 7.98. The van der Waals surface area contributed by atoms with E-state index < -0.39 is 12.0 Å². The minimum absolute atomic E-state index is 0.492. The summed E-state index contributed by atoms with van der Waals surface area (Å²) in [6.07, 6.45) is 0.492. The topological polar surface area (TPSA) is 63.3 Å². The second-order valence-electron chi connectivity index (χ2n) is 1.77. The Hall–Kier alpha value is -0.480. The van der Waals surface area contributed by atoms with Gasteiger partial charge in [-0.05, 0) is 17.6 Å². The first-order valence-electron chi connectivity index (χ1n) is 2.89. The van der Waals surface area contributed by atoms with Crippen LogP contribution < -0.4 is 5.73 Å². The molecular weight excluding hydrogens is 150 g/mol. The van der Waals surface area contributed by atoms with Crippen LogP contribution in [0, 0.1) is 0 Å². The third kappa shape index (κ3) is 4.40. The van der Waals surface area contributed by atoms with Crippen molar-refractivity contribution in [1.82, 2.24) is 0 Å². The maximum absolute atomic E-state index is 10.1. The van der Waals surface area contributed by atoms with E-state index in [0.29, 0.717) is 6.42 Å². The second kappa shape index (κ2) is 5.32. The molecule has 0 saturated heterocycles. The van der Waals surface area contributed by atoms with Crippen molar-refractivity contribution in [2.24, 2.45) is 5.73 Å². The van der Waals surface area contributed by atoms with Gasteiger partial charge in [0.25, 0.3) is 0 Å². The summed E-state index contributed by atoms with van der Waals surface area (Å²) in [6.45, 7) is 3.48. The van der Waals surface area contributed by atoms with E-state index in [4.69, 9.17) is 10.8 Å². The van der Waals surface area contributed by atoms with Gasteiger partial charge in [0, 0.05) is 0 Å².